The van der Waals surface area contributed by atoms with Gasteiger partial charge in [0.1, 0.15) is 0 Å². The van der Waals surface area contributed by atoms with Crippen LogP contribution in [0.25, 0.3) is 0 Å². The van der Waals surface area contributed by atoms with Gasteiger partial charge in [-0.05, 0) is 37.6 Å². The molecule has 2 fully saturated rings. The summed E-state index contributed by atoms with van der Waals surface area (Å²) in [5.74, 6) is 2.15. The summed E-state index contributed by atoms with van der Waals surface area (Å²) in [5.41, 5.74) is 0. The lowest BCUT2D eigenvalue weighted by atomic mass is 9.82. The summed E-state index contributed by atoms with van der Waals surface area (Å²) in [4.78, 5) is 2.77. The summed E-state index contributed by atoms with van der Waals surface area (Å²) in [6.45, 7) is 6.55. The molecule has 1 aliphatic carbocycles. The van der Waals surface area contributed by atoms with Crippen molar-refractivity contribution in [1.29, 1.82) is 0 Å². The molecule has 1 heteroatoms. The fraction of sp³-hybridized carbons (Fsp3) is 1.00. The van der Waals surface area contributed by atoms with E-state index >= 15 is 0 Å². The molecule has 0 aromatic carbocycles. The molecule has 1 aliphatic heterocycles. The molecular formula is C17H33N. The van der Waals surface area contributed by atoms with Gasteiger partial charge in [-0.2, -0.15) is 0 Å². The van der Waals surface area contributed by atoms with Gasteiger partial charge in [0.25, 0.3) is 0 Å². The lowest BCUT2D eigenvalue weighted by Gasteiger charge is -2.23. The number of likely N-dealkylation sites (tertiary alicyclic amines) is 1. The van der Waals surface area contributed by atoms with Crippen LogP contribution in [0.5, 0.6) is 0 Å². The SMILES string of the molecule is CCCCCCCCCN1CC2CCCCC2C1. The van der Waals surface area contributed by atoms with Gasteiger partial charge < -0.3 is 4.90 Å². The number of fused-ring (bicyclic) bond motifs is 1. The average molecular weight is 251 g/mol. The minimum atomic E-state index is 1.07. The van der Waals surface area contributed by atoms with E-state index in [-0.39, 0.29) is 0 Å². The number of rotatable bonds is 8. The van der Waals surface area contributed by atoms with E-state index in [1.165, 1.54) is 90.3 Å². The second-order valence-corrected chi connectivity index (χ2v) is 6.69. The van der Waals surface area contributed by atoms with Crippen molar-refractivity contribution in [2.24, 2.45) is 11.8 Å². The number of hydrogen-bond donors (Lipinski definition) is 0. The normalized spacial score (nSPS) is 28.5. The zero-order valence-corrected chi connectivity index (χ0v) is 12.5. The maximum atomic E-state index is 2.77. The molecule has 2 rings (SSSR count). The fourth-order valence-corrected chi connectivity index (χ4v) is 3.98. The van der Waals surface area contributed by atoms with Crippen molar-refractivity contribution < 1.29 is 0 Å². The van der Waals surface area contributed by atoms with Crippen molar-refractivity contribution in [3.63, 3.8) is 0 Å². The van der Waals surface area contributed by atoms with Crippen LogP contribution in [-0.2, 0) is 0 Å². The molecule has 0 N–H and O–H groups in total. The van der Waals surface area contributed by atoms with Crippen LogP contribution < -0.4 is 0 Å². The predicted octanol–water partition coefficient (Wildman–Crippen LogP) is 4.86. The molecule has 106 valence electrons. The first-order chi connectivity index (χ1) is 8.90. The van der Waals surface area contributed by atoms with E-state index in [9.17, 15) is 0 Å². The molecule has 2 unspecified atom stereocenters. The van der Waals surface area contributed by atoms with Crippen LogP contribution in [0.3, 0.4) is 0 Å². The second-order valence-electron chi connectivity index (χ2n) is 6.69. The van der Waals surface area contributed by atoms with Gasteiger partial charge in [0.2, 0.25) is 0 Å². The van der Waals surface area contributed by atoms with Gasteiger partial charge in [0.05, 0.1) is 0 Å². The maximum Gasteiger partial charge on any atom is 0.00129 e. The monoisotopic (exact) mass is 251 g/mol. The molecule has 0 aromatic heterocycles. The summed E-state index contributed by atoms with van der Waals surface area (Å²) in [6, 6.07) is 0. The van der Waals surface area contributed by atoms with Gasteiger partial charge in [-0.25, -0.2) is 0 Å². The molecule has 18 heavy (non-hydrogen) atoms. The number of nitrogens with zero attached hydrogens (tertiary/aromatic N) is 1. The Morgan fingerprint density at radius 3 is 1.94 bits per heavy atom. The fourth-order valence-electron chi connectivity index (χ4n) is 3.98. The Morgan fingerprint density at radius 2 is 1.33 bits per heavy atom. The minimum absolute atomic E-state index is 1.07. The molecule has 2 atom stereocenters. The third-order valence-electron chi connectivity index (χ3n) is 5.13. The Bertz CT molecular complexity index is 200. The highest BCUT2D eigenvalue weighted by Gasteiger charge is 2.33. The van der Waals surface area contributed by atoms with Crippen molar-refractivity contribution in [1.82, 2.24) is 4.90 Å². The van der Waals surface area contributed by atoms with E-state index < -0.39 is 0 Å². The van der Waals surface area contributed by atoms with E-state index in [2.05, 4.69) is 11.8 Å². The topological polar surface area (TPSA) is 3.24 Å². The lowest BCUT2D eigenvalue weighted by Crippen LogP contribution is -2.22. The molecule has 0 amide bonds. The van der Waals surface area contributed by atoms with Crippen LogP contribution in [0.15, 0.2) is 0 Å². The van der Waals surface area contributed by atoms with Crippen LogP contribution in [0, 0.1) is 11.8 Å². The molecule has 0 radical (unpaired) electrons. The number of unbranched alkanes of at least 4 members (excludes halogenated alkanes) is 6. The predicted molar refractivity (Wildman–Crippen MR) is 79.9 cm³/mol. The zero-order valence-electron chi connectivity index (χ0n) is 12.5. The van der Waals surface area contributed by atoms with Gasteiger partial charge in [0, 0.05) is 13.1 Å². The van der Waals surface area contributed by atoms with Crippen molar-refractivity contribution in [2.45, 2.75) is 77.6 Å². The lowest BCUT2D eigenvalue weighted by molar-refractivity contribution is 0.299. The van der Waals surface area contributed by atoms with Crippen molar-refractivity contribution in [3.8, 4) is 0 Å². The van der Waals surface area contributed by atoms with Gasteiger partial charge in [-0.1, -0.05) is 58.3 Å². The van der Waals surface area contributed by atoms with E-state index in [4.69, 9.17) is 0 Å². The summed E-state index contributed by atoms with van der Waals surface area (Å²) >= 11 is 0. The first-order valence-electron chi connectivity index (χ1n) is 8.62. The minimum Gasteiger partial charge on any atom is -0.303 e. The zero-order chi connectivity index (χ0) is 12.6. The molecule has 1 nitrogen and oxygen atoms in total. The van der Waals surface area contributed by atoms with E-state index in [1.807, 2.05) is 0 Å². The first kappa shape index (κ1) is 14.4. The summed E-state index contributed by atoms with van der Waals surface area (Å²) in [5, 5.41) is 0. The van der Waals surface area contributed by atoms with Gasteiger partial charge in [-0.15, -0.1) is 0 Å². The van der Waals surface area contributed by atoms with Gasteiger partial charge in [-0.3, -0.25) is 0 Å². The van der Waals surface area contributed by atoms with Crippen LogP contribution in [0.1, 0.15) is 77.6 Å². The molecular weight excluding hydrogens is 218 g/mol. The highest BCUT2D eigenvalue weighted by molar-refractivity contribution is 4.86. The maximum absolute atomic E-state index is 2.77. The molecule has 0 spiro atoms. The van der Waals surface area contributed by atoms with E-state index in [1.54, 1.807) is 0 Å². The second kappa shape index (κ2) is 8.19. The molecule has 1 saturated heterocycles. The van der Waals surface area contributed by atoms with Crippen molar-refractivity contribution >= 4 is 0 Å². The molecule has 2 aliphatic rings. The number of hydrogen-bond acceptors (Lipinski definition) is 1. The van der Waals surface area contributed by atoms with Crippen molar-refractivity contribution in [3.05, 3.63) is 0 Å². The molecule has 0 bridgehead atoms. The highest BCUT2D eigenvalue weighted by atomic mass is 15.1. The Kier molecular flexibility index (Phi) is 6.54. The van der Waals surface area contributed by atoms with Gasteiger partial charge in [0.15, 0.2) is 0 Å². The Hall–Kier alpha value is -0.0400. The highest BCUT2D eigenvalue weighted by Crippen LogP contribution is 2.35. The average Bonchev–Trinajstić information content (AvgIpc) is 2.80. The standard InChI is InChI=1S/C17H33N/c1-2-3-4-5-6-7-10-13-18-14-16-11-8-9-12-17(16)15-18/h16-17H,2-15H2,1H3. The quantitative estimate of drug-likeness (QED) is 0.557. The summed E-state index contributed by atoms with van der Waals surface area (Å²) in [7, 11) is 0. The largest absolute Gasteiger partial charge is 0.303 e. The third kappa shape index (κ3) is 4.57. The molecule has 0 aromatic rings. The smallest absolute Gasteiger partial charge is 0.00129 e. The van der Waals surface area contributed by atoms with Crippen LogP contribution in [0.2, 0.25) is 0 Å². The van der Waals surface area contributed by atoms with Crippen molar-refractivity contribution in [2.75, 3.05) is 19.6 Å². The van der Waals surface area contributed by atoms with Crippen LogP contribution in [-0.4, -0.2) is 24.5 Å². The summed E-state index contributed by atoms with van der Waals surface area (Å²) < 4.78 is 0. The molecule has 1 saturated carbocycles. The molecule has 1 heterocycles. The summed E-state index contributed by atoms with van der Waals surface area (Å²) in [6.07, 6.45) is 16.2. The third-order valence-corrected chi connectivity index (χ3v) is 5.13. The van der Waals surface area contributed by atoms with Gasteiger partial charge >= 0.3 is 0 Å². The Balaban J connectivity index is 1.47. The Labute approximate surface area is 114 Å². The van der Waals surface area contributed by atoms with Crippen LogP contribution in [0.4, 0.5) is 0 Å². The van der Waals surface area contributed by atoms with E-state index in [0.29, 0.717) is 0 Å². The van der Waals surface area contributed by atoms with Crippen LogP contribution >= 0.6 is 0 Å². The van der Waals surface area contributed by atoms with E-state index in [0.717, 1.165) is 11.8 Å². The Morgan fingerprint density at radius 1 is 0.778 bits per heavy atom. The first-order valence-corrected chi connectivity index (χ1v) is 8.62.